The molecule has 32 heavy (non-hydrogen) atoms. The molecule has 5 rings (SSSR count). The van der Waals surface area contributed by atoms with Crippen molar-refractivity contribution in [2.45, 2.75) is 18.9 Å². The summed E-state index contributed by atoms with van der Waals surface area (Å²) in [7, 11) is 0. The fourth-order valence-electron chi connectivity index (χ4n) is 4.17. The van der Waals surface area contributed by atoms with Crippen molar-refractivity contribution in [3.63, 3.8) is 0 Å². The third kappa shape index (κ3) is 3.79. The quantitative estimate of drug-likeness (QED) is 0.542. The highest BCUT2D eigenvalue weighted by Gasteiger charge is 2.23. The second kappa shape index (κ2) is 8.52. The average molecular weight is 422 g/mol. The first-order valence-electron chi connectivity index (χ1n) is 10.7. The summed E-state index contributed by atoms with van der Waals surface area (Å²) in [5, 5.41) is 16.6. The maximum atomic E-state index is 13.0. The molecule has 1 amide bonds. The van der Waals surface area contributed by atoms with E-state index in [1.54, 1.807) is 16.9 Å². The first-order chi connectivity index (χ1) is 15.7. The van der Waals surface area contributed by atoms with E-state index in [4.69, 9.17) is 5.26 Å². The van der Waals surface area contributed by atoms with E-state index in [9.17, 15) is 4.79 Å². The molecule has 7 nitrogen and oxygen atoms in total. The van der Waals surface area contributed by atoms with E-state index >= 15 is 0 Å². The number of nitriles is 1. The van der Waals surface area contributed by atoms with Crippen molar-refractivity contribution in [1.82, 2.24) is 19.9 Å². The van der Waals surface area contributed by atoms with Gasteiger partial charge in [-0.2, -0.15) is 10.4 Å². The molecule has 0 radical (unpaired) electrons. The largest absolute Gasteiger partial charge is 0.371 e. The van der Waals surface area contributed by atoms with Gasteiger partial charge in [0.25, 0.3) is 5.91 Å². The van der Waals surface area contributed by atoms with Crippen molar-refractivity contribution in [2.75, 3.05) is 18.0 Å². The molecule has 1 fully saturated rings. The maximum Gasteiger partial charge on any atom is 0.256 e. The van der Waals surface area contributed by atoms with Crippen molar-refractivity contribution in [2.24, 2.45) is 0 Å². The van der Waals surface area contributed by atoms with Crippen LogP contribution in [0, 0.1) is 11.3 Å². The summed E-state index contributed by atoms with van der Waals surface area (Å²) >= 11 is 0. The number of carbonyl (C=O) groups is 1. The molecule has 0 aliphatic carbocycles. The highest BCUT2D eigenvalue weighted by Crippen LogP contribution is 2.23. The summed E-state index contributed by atoms with van der Waals surface area (Å²) in [6, 6.07) is 21.7. The molecule has 3 heterocycles. The van der Waals surface area contributed by atoms with Gasteiger partial charge in [-0.15, -0.1) is 0 Å². The van der Waals surface area contributed by atoms with E-state index in [0.29, 0.717) is 16.8 Å². The fourth-order valence-corrected chi connectivity index (χ4v) is 4.17. The number of hydrogen-bond donors (Lipinski definition) is 1. The number of nitrogens with one attached hydrogen (secondary N) is 1. The Bertz CT molecular complexity index is 1280. The molecule has 0 spiro atoms. The van der Waals surface area contributed by atoms with E-state index in [1.807, 2.05) is 60.7 Å². The van der Waals surface area contributed by atoms with Crippen LogP contribution >= 0.6 is 0 Å². The summed E-state index contributed by atoms with van der Waals surface area (Å²) in [4.78, 5) is 19.7. The number of anilines is 1. The molecular formula is C25H22N6O. The van der Waals surface area contributed by atoms with E-state index in [1.165, 1.54) is 0 Å². The van der Waals surface area contributed by atoms with Gasteiger partial charge in [-0.25, -0.2) is 9.50 Å². The number of aromatic nitrogens is 3. The van der Waals surface area contributed by atoms with Crippen LogP contribution in [-0.4, -0.2) is 39.6 Å². The normalized spacial score (nSPS) is 14.3. The zero-order valence-electron chi connectivity index (χ0n) is 17.5. The van der Waals surface area contributed by atoms with Crippen molar-refractivity contribution < 1.29 is 4.79 Å². The number of fused-ring (bicyclic) bond motifs is 1. The molecule has 158 valence electrons. The van der Waals surface area contributed by atoms with Crippen LogP contribution in [-0.2, 0) is 0 Å². The lowest BCUT2D eigenvalue weighted by molar-refractivity contribution is 0.0932. The molecule has 2 aromatic heterocycles. The third-order valence-corrected chi connectivity index (χ3v) is 5.91. The predicted octanol–water partition coefficient (Wildman–Crippen LogP) is 3.67. The lowest BCUT2D eigenvalue weighted by atomic mass is 10.0. The smallest absolute Gasteiger partial charge is 0.256 e. The minimum absolute atomic E-state index is 0.101. The van der Waals surface area contributed by atoms with Gasteiger partial charge in [-0.05, 0) is 43.2 Å². The molecule has 1 saturated heterocycles. The highest BCUT2D eigenvalue weighted by molar-refractivity contribution is 6.00. The minimum Gasteiger partial charge on any atom is -0.371 e. The third-order valence-electron chi connectivity index (χ3n) is 5.91. The number of nitrogens with zero attached hydrogens (tertiary/aromatic N) is 5. The summed E-state index contributed by atoms with van der Waals surface area (Å²) in [5.41, 5.74) is 4.72. The molecule has 1 aliphatic heterocycles. The van der Waals surface area contributed by atoms with Crippen LogP contribution in [0.5, 0.6) is 0 Å². The van der Waals surface area contributed by atoms with E-state index in [0.717, 1.165) is 42.9 Å². The highest BCUT2D eigenvalue weighted by atomic mass is 16.1. The summed E-state index contributed by atoms with van der Waals surface area (Å²) in [5.74, 6) is -0.144. The monoisotopic (exact) mass is 422 g/mol. The van der Waals surface area contributed by atoms with E-state index < -0.39 is 0 Å². The number of amides is 1. The lowest BCUT2D eigenvalue weighted by Crippen LogP contribution is -2.44. The zero-order chi connectivity index (χ0) is 21.9. The van der Waals surface area contributed by atoms with Crippen LogP contribution in [0.25, 0.3) is 16.9 Å². The van der Waals surface area contributed by atoms with Crippen LogP contribution in [0.3, 0.4) is 0 Å². The molecule has 2 aromatic carbocycles. The first-order valence-corrected chi connectivity index (χ1v) is 10.7. The van der Waals surface area contributed by atoms with Crippen LogP contribution in [0.2, 0.25) is 0 Å². The lowest BCUT2D eigenvalue weighted by Gasteiger charge is -2.34. The number of benzene rings is 2. The van der Waals surface area contributed by atoms with Crippen LogP contribution in [0.1, 0.15) is 28.8 Å². The molecule has 1 aliphatic rings. The van der Waals surface area contributed by atoms with Crippen molar-refractivity contribution in [1.29, 1.82) is 5.26 Å². The topological polar surface area (TPSA) is 86.3 Å². The number of carbonyl (C=O) groups excluding carboxylic acids is 1. The van der Waals surface area contributed by atoms with E-state index in [-0.39, 0.29) is 11.9 Å². The first kappa shape index (κ1) is 19.8. The van der Waals surface area contributed by atoms with Gasteiger partial charge in [0.05, 0.1) is 23.5 Å². The Balaban J connectivity index is 1.27. The van der Waals surface area contributed by atoms with Crippen LogP contribution in [0.15, 0.2) is 73.1 Å². The molecule has 0 atom stereocenters. The van der Waals surface area contributed by atoms with E-state index in [2.05, 4.69) is 26.4 Å². The van der Waals surface area contributed by atoms with Gasteiger partial charge in [-0.1, -0.05) is 30.3 Å². The Morgan fingerprint density at radius 2 is 1.78 bits per heavy atom. The molecule has 0 unspecified atom stereocenters. The summed E-state index contributed by atoms with van der Waals surface area (Å²) in [6.07, 6.45) is 5.02. The Kier molecular flexibility index (Phi) is 5.26. The second-order valence-electron chi connectivity index (χ2n) is 7.88. The molecule has 4 aromatic rings. The number of piperidine rings is 1. The van der Waals surface area contributed by atoms with Gasteiger partial charge in [0.15, 0.2) is 5.65 Å². The Morgan fingerprint density at radius 1 is 1.03 bits per heavy atom. The van der Waals surface area contributed by atoms with Gasteiger partial charge in [0, 0.05) is 36.6 Å². The van der Waals surface area contributed by atoms with Gasteiger partial charge in [0.2, 0.25) is 0 Å². The standard InChI is InChI=1S/C25H22N6O/c26-16-18-6-8-21(9-7-18)30-14-11-20(12-15-30)29-25(32)22-17-28-31-23(10-13-27-24(22)31)19-4-2-1-3-5-19/h1-10,13,17,20H,11-12,14-15H2,(H,29,32). The molecular weight excluding hydrogens is 400 g/mol. The van der Waals surface area contributed by atoms with Crippen molar-refractivity contribution in [3.05, 3.63) is 84.2 Å². The molecule has 1 N–H and O–H groups in total. The molecule has 7 heteroatoms. The van der Waals surface area contributed by atoms with Crippen LogP contribution in [0.4, 0.5) is 5.69 Å². The Hall–Kier alpha value is -4.18. The van der Waals surface area contributed by atoms with Gasteiger partial charge in [0.1, 0.15) is 5.56 Å². The SMILES string of the molecule is N#Cc1ccc(N2CCC(NC(=O)c3cnn4c(-c5ccccc5)ccnc34)CC2)cc1. The molecule has 0 bridgehead atoms. The fraction of sp³-hybridized carbons (Fsp3) is 0.200. The average Bonchev–Trinajstić information content (AvgIpc) is 3.30. The minimum atomic E-state index is -0.144. The van der Waals surface area contributed by atoms with Crippen LogP contribution < -0.4 is 10.2 Å². The van der Waals surface area contributed by atoms with Crippen molar-refractivity contribution >= 4 is 17.2 Å². The summed E-state index contributed by atoms with van der Waals surface area (Å²) in [6.45, 7) is 1.70. The maximum absolute atomic E-state index is 13.0. The number of hydrogen-bond acceptors (Lipinski definition) is 5. The summed E-state index contributed by atoms with van der Waals surface area (Å²) < 4.78 is 1.72. The number of rotatable bonds is 4. The van der Waals surface area contributed by atoms with Gasteiger partial charge < -0.3 is 10.2 Å². The van der Waals surface area contributed by atoms with Crippen molar-refractivity contribution in [3.8, 4) is 17.3 Å². The van der Waals surface area contributed by atoms with Gasteiger partial charge >= 0.3 is 0 Å². The Morgan fingerprint density at radius 3 is 2.50 bits per heavy atom. The zero-order valence-corrected chi connectivity index (χ0v) is 17.5. The molecule has 0 saturated carbocycles. The van der Waals surface area contributed by atoms with Gasteiger partial charge in [-0.3, -0.25) is 4.79 Å². The Labute approximate surface area is 185 Å². The second-order valence-corrected chi connectivity index (χ2v) is 7.88. The predicted molar refractivity (Wildman–Crippen MR) is 122 cm³/mol.